The first-order valence-corrected chi connectivity index (χ1v) is 4.50. The van der Waals surface area contributed by atoms with E-state index >= 15 is 0 Å². The molecule has 0 heterocycles. The molecule has 1 rings (SSSR count). The highest BCUT2D eigenvalue weighted by Crippen LogP contribution is 2.28. The van der Waals surface area contributed by atoms with E-state index in [0.29, 0.717) is 0 Å². The van der Waals surface area contributed by atoms with Gasteiger partial charge in [-0.1, -0.05) is 0 Å². The van der Waals surface area contributed by atoms with Gasteiger partial charge in [-0.25, -0.2) is 4.79 Å². The molecule has 0 aromatic carbocycles. The summed E-state index contributed by atoms with van der Waals surface area (Å²) < 4.78 is 8.96. The lowest BCUT2D eigenvalue weighted by atomic mass is 9.89. The normalized spacial score (nSPS) is 20.1. The maximum Gasteiger partial charge on any atom is 0.334 e. The molecule has 0 saturated carbocycles. The van der Waals surface area contributed by atoms with Crippen LogP contribution in [0.5, 0.6) is 0 Å². The zero-order chi connectivity index (χ0) is 12.3. The molecule has 2 N–H and O–H groups in total. The van der Waals surface area contributed by atoms with Crippen LogP contribution in [0.15, 0.2) is 23.2 Å². The highest BCUT2D eigenvalue weighted by atomic mass is 16.5. The molecule has 88 valence electrons. The monoisotopic (exact) mass is 228 g/mol. The zero-order valence-corrected chi connectivity index (χ0v) is 8.89. The molecule has 0 amide bonds. The smallest absolute Gasteiger partial charge is 0.334 e. The summed E-state index contributed by atoms with van der Waals surface area (Å²) in [6.45, 7) is 0. The highest BCUT2D eigenvalue weighted by molar-refractivity contribution is 5.96. The topological polar surface area (TPSA) is 93.1 Å². The van der Waals surface area contributed by atoms with Gasteiger partial charge in [0, 0.05) is 6.42 Å². The van der Waals surface area contributed by atoms with E-state index in [1.54, 1.807) is 0 Å². The Morgan fingerprint density at radius 2 is 1.94 bits per heavy atom. The van der Waals surface area contributed by atoms with Crippen molar-refractivity contribution in [3.8, 4) is 0 Å². The molecule has 1 atom stereocenters. The molecular formula is C10H12O6. The summed E-state index contributed by atoms with van der Waals surface area (Å²) >= 11 is 0. The van der Waals surface area contributed by atoms with Crippen LogP contribution in [0.4, 0.5) is 0 Å². The minimum Gasteiger partial charge on any atom is -0.508 e. The maximum absolute atomic E-state index is 11.4. The van der Waals surface area contributed by atoms with E-state index in [9.17, 15) is 19.8 Å². The van der Waals surface area contributed by atoms with Crippen molar-refractivity contribution in [2.45, 2.75) is 6.42 Å². The molecular weight excluding hydrogens is 216 g/mol. The van der Waals surface area contributed by atoms with E-state index < -0.39 is 23.6 Å². The molecule has 0 radical (unpaired) electrons. The Morgan fingerprint density at radius 3 is 2.44 bits per heavy atom. The number of methoxy groups -OCH3 is 2. The van der Waals surface area contributed by atoms with Crippen LogP contribution in [0, 0.1) is 5.92 Å². The van der Waals surface area contributed by atoms with E-state index in [1.165, 1.54) is 7.11 Å². The first-order chi connectivity index (χ1) is 7.51. The fourth-order valence-corrected chi connectivity index (χ4v) is 1.41. The Labute approximate surface area is 91.8 Å². The predicted octanol–water partition coefficient (Wildman–Crippen LogP) is 0.606. The van der Waals surface area contributed by atoms with Crippen molar-refractivity contribution in [1.82, 2.24) is 0 Å². The van der Waals surface area contributed by atoms with Crippen molar-refractivity contribution in [1.29, 1.82) is 0 Å². The van der Waals surface area contributed by atoms with E-state index in [-0.39, 0.29) is 17.8 Å². The molecule has 0 saturated heterocycles. The number of ether oxygens (including phenoxy) is 2. The van der Waals surface area contributed by atoms with Gasteiger partial charge in [0.2, 0.25) is 0 Å². The quantitative estimate of drug-likeness (QED) is 0.672. The van der Waals surface area contributed by atoms with Crippen molar-refractivity contribution < 1.29 is 29.3 Å². The summed E-state index contributed by atoms with van der Waals surface area (Å²) in [5.41, 5.74) is -0.0374. The number of aliphatic hydroxyl groups excluding tert-OH is 2. The van der Waals surface area contributed by atoms with Crippen LogP contribution in [0.2, 0.25) is 0 Å². The lowest BCUT2D eigenvalue weighted by molar-refractivity contribution is -0.147. The van der Waals surface area contributed by atoms with Gasteiger partial charge < -0.3 is 19.7 Å². The van der Waals surface area contributed by atoms with Crippen LogP contribution < -0.4 is 0 Å². The van der Waals surface area contributed by atoms with Crippen molar-refractivity contribution in [2.24, 2.45) is 5.92 Å². The average Bonchev–Trinajstić information content (AvgIpc) is 2.30. The van der Waals surface area contributed by atoms with Gasteiger partial charge in [-0.05, 0) is 6.08 Å². The Kier molecular flexibility index (Phi) is 3.55. The summed E-state index contributed by atoms with van der Waals surface area (Å²) in [5, 5.41) is 18.5. The van der Waals surface area contributed by atoms with Crippen LogP contribution in [0.1, 0.15) is 6.42 Å². The number of allylic oxidation sites excluding steroid dienone is 2. The second-order valence-electron chi connectivity index (χ2n) is 3.20. The first-order valence-electron chi connectivity index (χ1n) is 4.50. The van der Waals surface area contributed by atoms with E-state index in [0.717, 1.165) is 13.2 Å². The van der Waals surface area contributed by atoms with Gasteiger partial charge in [0.25, 0.3) is 0 Å². The molecule has 0 aromatic rings. The third-order valence-electron chi connectivity index (χ3n) is 2.27. The van der Waals surface area contributed by atoms with Gasteiger partial charge in [-0.3, -0.25) is 4.79 Å². The third kappa shape index (κ3) is 2.16. The third-order valence-corrected chi connectivity index (χ3v) is 2.27. The highest BCUT2D eigenvalue weighted by Gasteiger charge is 2.34. The predicted molar refractivity (Wildman–Crippen MR) is 52.5 cm³/mol. The largest absolute Gasteiger partial charge is 0.508 e. The van der Waals surface area contributed by atoms with Gasteiger partial charge in [0.1, 0.15) is 5.76 Å². The van der Waals surface area contributed by atoms with Crippen LogP contribution in [0.3, 0.4) is 0 Å². The molecule has 0 spiro atoms. The van der Waals surface area contributed by atoms with Crippen molar-refractivity contribution in [2.75, 3.05) is 14.2 Å². The van der Waals surface area contributed by atoms with Gasteiger partial charge in [0.05, 0.1) is 25.7 Å². The lowest BCUT2D eigenvalue weighted by Crippen LogP contribution is -2.27. The number of carbonyl (C=O) groups excluding carboxylic acids is 2. The molecule has 0 aliphatic heterocycles. The van der Waals surface area contributed by atoms with Gasteiger partial charge >= 0.3 is 11.9 Å². The Bertz CT molecular complexity index is 379. The fraction of sp³-hybridized carbons (Fsp3) is 0.400. The summed E-state index contributed by atoms with van der Waals surface area (Å²) in [6, 6.07) is 0. The van der Waals surface area contributed by atoms with Crippen LogP contribution in [-0.4, -0.2) is 36.4 Å². The summed E-state index contributed by atoms with van der Waals surface area (Å²) in [4.78, 5) is 22.7. The molecule has 0 bridgehead atoms. The summed E-state index contributed by atoms with van der Waals surface area (Å²) in [5.74, 6) is -3.16. The zero-order valence-electron chi connectivity index (χ0n) is 8.89. The maximum atomic E-state index is 11.4. The van der Waals surface area contributed by atoms with E-state index in [1.807, 2.05) is 0 Å². The van der Waals surface area contributed by atoms with Gasteiger partial charge in [-0.2, -0.15) is 0 Å². The van der Waals surface area contributed by atoms with Crippen molar-refractivity contribution >= 4 is 11.9 Å². The lowest BCUT2D eigenvalue weighted by Gasteiger charge is -2.20. The Hall–Kier alpha value is -1.98. The minimum absolute atomic E-state index is 0.0374. The Morgan fingerprint density at radius 1 is 1.31 bits per heavy atom. The molecule has 6 nitrogen and oxygen atoms in total. The number of esters is 2. The molecule has 1 aliphatic rings. The van der Waals surface area contributed by atoms with Gasteiger partial charge in [-0.15, -0.1) is 0 Å². The number of rotatable bonds is 2. The molecule has 1 unspecified atom stereocenters. The SMILES string of the molecule is COC(=O)C1=CC(O)=C(O)CC1C(=O)OC. The van der Waals surface area contributed by atoms with Crippen LogP contribution >= 0.6 is 0 Å². The molecule has 16 heavy (non-hydrogen) atoms. The Balaban J connectivity index is 3.09. The van der Waals surface area contributed by atoms with E-state index in [4.69, 9.17) is 0 Å². The van der Waals surface area contributed by atoms with Crippen LogP contribution in [0.25, 0.3) is 0 Å². The van der Waals surface area contributed by atoms with E-state index in [2.05, 4.69) is 9.47 Å². The summed E-state index contributed by atoms with van der Waals surface area (Å²) in [7, 11) is 2.33. The molecule has 0 fully saturated rings. The van der Waals surface area contributed by atoms with Crippen LogP contribution in [-0.2, 0) is 19.1 Å². The second kappa shape index (κ2) is 4.69. The summed E-state index contributed by atoms with van der Waals surface area (Å²) in [6.07, 6.45) is 0.825. The minimum atomic E-state index is -0.951. The standard InChI is InChI=1S/C10H12O6/c1-15-9(13)5-3-7(11)8(12)4-6(5)10(14)16-2/h3,6,11-12H,4H2,1-2H3. The first kappa shape index (κ1) is 12.1. The van der Waals surface area contributed by atoms with Gasteiger partial charge in [0.15, 0.2) is 5.76 Å². The number of hydrogen-bond donors (Lipinski definition) is 2. The second-order valence-corrected chi connectivity index (χ2v) is 3.20. The number of hydrogen-bond acceptors (Lipinski definition) is 6. The fourth-order valence-electron chi connectivity index (χ4n) is 1.41. The molecule has 0 aromatic heterocycles. The number of aliphatic hydroxyl groups is 2. The van der Waals surface area contributed by atoms with Crippen molar-refractivity contribution in [3.63, 3.8) is 0 Å². The van der Waals surface area contributed by atoms with Crippen molar-refractivity contribution in [3.05, 3.63) is 23.2 Å². The number of carbonyl (C=O) groups is 2. The average molecular weight is 228 g/mol. The molecule has 6 heteroatoms. The molecule has 1 aliphatic carbocycles.